The Morgan fingerprint density at radius 1 is 0.688 bits per heavy atom. The fraction of sp³-hybridized carbons (Fsp3) is 0.259. The number of carbonyl (C=O) groups is 2. The number of ether oxygens (including phenoxy) is 1. The van der Waals surface area contributed by atoms with Crippen molar-refractivity contribution in [2.24, 2.45) is 0 Å². The van der Waals surface area contributed by atoms with Gasteiger partial charge in [-0.05, 0) is 61.0 Å². The Bertz CT molecular complexity index is 1000. The summed E-state index contributed by atoms with van der Waals surface area (Å²) in [6, 6.07) is 23.2. The maximum atomic E-state index is 12.6. The molecule has 0 unspecified atom stereocenters. The molecule has 0 fully saturated rings. The van der Waals surface area contributed by atoms with E-state index in [1.807, 2.05) is 30.3 Å². The normalized spacial score (nSPS) is 10.4. The third-order valence-electron chi connectivity index (χ3n) is 5.05. The van der Waals surface area contributed by atoms with Gasteiger partial charge in [0.2, 0.25) is 0 Å². The lowest BCUT2D eigenvalue weighted by Crippen LogP contribution is -2.14. The van der Waals surface area contributed by atoms with Crippen molar-refractivity contribution in [2.45, 2.75) is 39.0 Å². The van der Waals surface area contributed by atoms with Crippen LogP contribution in [0.15, 0.2) is 78.9 Å². The van der Waals surface area contributed by atoms with Gasteiger partial charge in [-0.15, -0.1) is 0 Å². The fourth-order valence-corrected chi connectivity index (χ4v) is 3.27. The van der Waals surface area contributed by atoms with Gasteiger partial charge in [0, 0.05) is 22.5 Å². The highest BCUT2D eigenvalue weighted by molar-refractivity contribution is 6.06. The minimum absolute atomic E-state index is 0.199. The second-order valence-corrected chi connectivity index (χ2v) is 7.64. The van der Waals surface area contributed by atoms with Crippen molar-refractivity contribution < 1.29 is 14.3 Å². The van der Waals surface area contributed by atoms with Gasteiger partial charge in [-0.1, -0.05) is 56.9 Å². The van der Waals surface area contributed by atoms with Crippen LogP contribution in [0.2, 0.25) is 0 Å². The highest BCUT2D eigenvalue weighted by Crippen LogP contribution is 2.18. The molecule has 3 rings (SSSR count). The van der Waals surface area contributed by atoms with Gasteiger partial charge in [0.05, 0.1) is 6.61 Å². The lowest BCUT2D eigenvalue weighted by molar-refractivity contribution is 0.101. The van der Waals surface area contributed by atoms with Crippen molar-refractivity contribution >= 4 is 23.2 Å². The minimum atomic E-state index is -0.220. The second kappa shape index (κ2) is 12.3. The Kier molecular flexibility index (Phi) is 8.87. The molecule has 0 saturated heterocycles. The van der Waals surface area contributed by atoms with Crippen LogP contribution in [0.25, 0.3) is 0 Å². The van der Waals surface area contributed by atoms with E-state index in [1.165, 1.54) is 25.7 Å². The highest BCUT2D eigenvalue weighted by Gasteiger charge is 2.09. The average Bonchev–Trinajstić information content (AvgIpc) is 2.82. The number of hydrogen-bond acceptors (Lipinski definition) is 3. The maximum Gasteiger partial charge on any atom is 0.255 e. The Balaban J connectivity index is 1.51. The van der Waals surface area contributed by atoms with Gasteiger partial charge in [0.1, 0.15) is 5.75 Å². The van der Waals surface area contributed by atoms with Crippen LogP contribution >= 0.6 is 0 Å². The summed E-state index contributed by atoms with van der Waals surface area (Å²) in [6.45, 7) is 2.89. The van der Waals surface area contributed by atoms with Gasteiger partial charge >= 0.3 is 0 Å². The lowest BCUT2D eigenvalue weighted by atomic mass is 10.1. The van der Waals surface area contributed by atoms with Crippen LogP contribution in [-0.4, -0.2) is 18.4 Å². The molecule has 0 saturated carbocycles. The molecule has 0 spiro atoms. The molecule has 5 nitrogen and oxygen atoms in total. The predicted octanol–water partition coefficient (Wildman–Crippen LogP) is 6.54. The summed E-state index contributed by atoms with van der Waals surface area (Å²) in [5.41, 5.74) is 2.33. The molecular weight excluding hydrogens is 400 g/mol. The summed E-state index contributed by atoms with van der Waals surface area (Å²) in [5.74, 6) is 0.348. The first-order valence-electron chi connectivity index (χ1n) is 11.2. The first-order chi connectivity index (χ1) is 15.7. The molecule has 2 N–H and O–H groups in total. The molecular formula is C27H30N2O3. The smallest absolute Gasteiger partial charge is 0.255 e. The Morgan fingerprint density at radius 3 is 1.91 bits per heavy atom. The molecule has 3 aromatic rings. The molecule has 3 aromatic carbocycles. The summed E-state index contributed by atoms with van der Waals surface area (Å²) in [4.78, 5) is 24.9. The standard InChI is InChI=1S/C27H30N2O3/c1-2-3-4-5-9-19-32-25-17-15-22(16-18-25)27(31)29-24-14-10-13-23(20-24)28-26(30)21-11-7-6-8-12-21/h6-8,10-18,20H,2-5,9,19H2,1H3,(H,28,30)(H,29,31). The molecule has 2 amide bonds. The summed E-state index contributed by atoms with van der Waals surface area (Å²) in [6.07, 6.45) is 5.97. The SMILES string of the molecule is CCCCCCCOc1ccc(C(=O)Nc2cccc(NC(=O)c3ccccc3)c2)cc1. The molecule has 5 heteroatoms. The third kappa shape index (κ3) is 7.27. The number of anilines is 2. The molecule has 0 aliphatic rings. The summed E-state index contributed by atoms with van der Waals surface area (Å²) in [5, 5.41) is 5.72. The quantitative estimate of drug-likeness (QED) is 0.339. The Labute approximate surface area is 189 Å². The van der Waals surface area contributed by atoms with E-state index in [9.17, 15) is 9.59 Å². The van der Waals surface area contributed by atoms with Gasteiger partial charge in [-0.25, -0.2) is 0 Å². The number of carbonyl (C=O) groups excluding carboxylic acids is 2. The molecule has 0 aliphatic heterocycles. The molecule has 0 aliphatic carbocycles. The summed E-state index contributed by atoms with van der Waals surface area (Å²) < 4.78 is 5.76. The number of amides is 2. The van der Waals surface area contributed by atoms with Crippen molar-refractivity contribution in [3.05, 3.63) is 90.0 Å². The van der Waals surface area contributed by atoms with E-state index < -0.39 is 0 Å². The van der Waals surface area contributed by atoms with E-state index in [4.69, 9.17) is 4.74 Å². The highest BCUT2D eigenvalue weighted by atomic mass is 16.5. The van der Waals surface area contributed by atoms with Crippen LogP contribution < -0.4 is 15.4 Å². The van der Waals surface area contributed by atoms with E-state index >= 15 is 0 Å². The van der Waals surface area contributed by atoms with Crippen molar-refractivity contribution in [3.63, 3.8) is 0 Å². The van der Waals surface area contributed by atoms with Gasteiger partial charge < -0.3 is 15.4 Å². The summed E-state index contributed by atoms with van der Waals surface area (Å²) in [7, 11) is 0. The third-order valence-corrected chi connectivity index (χ3v) is 5.05. The number of benzene rings is 3. The van der Waals surface area contributed by atoms with E-state index in [1.54, 1.807) is 48.5 Å². The molecule has 166 valence electrons. The molecule has 0 heterocycles. The van der Waals surface area contributed by atoms with Gasteiger partial charge in [0.15, 0.2) is 0 Å². The van der Waals surface area contributed by atoms with Crippen LogP contribution in [-0.2, 0) is 0 Å². The zero-order valence-electron chi connectivity index (χ0n) is 18.5. The molecule has 0 radical (unpaired) electrons. The van der Waals surface area contributed by atoms with E-state index in [-0.39, 0.29) is 11.8 Å². The number of rotatable bonds is 11. The lowest BCUT2D eigenvalue weighted by Gasteiger charge is -2.10. The average molecular weight is 431 g/mol. The molecule has 32 heavy (non-hydrogen) atoms. The number of unbranched alkanes of at least 4 members (excludes halogenated alkanes) is 4. The molecule has 0 aromatic heterocycles. The number of hydrogen-bond donors (Lipinski definition) is 2. The first kappa shape index (κ1) is 23.1. The Morgan fingerprint density at radius 2 is 1.28 bits per heavy atom. The van der Waals surface area contributed by atoms with E-state index in [0.29, 0.717) is 29.1 Å². The first-order valence-corrected chi connectivity index (χ1v) is 11.2. The maximum absolute atomic E-state index is 12.6. The van der Waals surface area contributed by atoms with Gasteiger partial charge in [-0.2, -0.15) is 0 Å². The predicted molar refractivity (Wildman–Crippen MR) is 129 cm³/mol. The topological polar surface area (TPSA) is 67.4 Å². The second-order valence-electron chi connectivity index (χ2n) is 7.64. The number of nitrogens with one attached hydrogen (secondary N) is 2. The zero-order valence-corrected chi connectivity index (χ0v) is 18.5. The van der Waals surface area contributed by atoms with Crippen molar-refractivity contribution in [1.82, 2.24) is 0 Å². The van der Waals surface area contributed by atoms with Crippen molar-refractivity contribution in [3.8, 4) is 5.75 Å². The van der Waals surface area contributed by atoms with Crippen molar-refractivity contribution in [1.29, 1.82) is 0 Å². The van der Waals surface area contributed by atoms with Crippen LogP contribution in [0.5, 0.6) is 5.75 Å². The van der Waals surface area contributed by atoms with Crippen LogP contribution in [0.1, 0.15) is 59.7 Å². The van der Waals surface area contributed by atoms with Crippen molar-refractivity contribution in [2.75, 3.05) is 17.2 Å². The van der Waals surface area contributed by atoms with E-state index in [2.05, 4.69) is 17.6 Å². The molecule has 0 atom stereocenters. The van der Waals surface area contributed by atoms with Gasteiger partial charge in [0.25, 0.3) is 11.8 Å². The van der Waals surface area contributed by atoms with Crippen LogP contribution in [0.3, 0.4) is 0 Å². The van der Waals surface area contributed by atoms with Crippen LogP contribution in [0.4, 0.5) is 11.4 Å². The Hall–Kier alpha value is -3.60. The summed E-state index contributed by atoms with van der Waals surface area (Å²) >= 11 is 0. The monoisotopic (exact) mass is 430 g/mol. The van der Waals surface area contributed by atoms with E-state index in [0.717, 1.165) is 12.2 Å². The van der Waals surface area contributed by atoms with Crippen LogP contribution in [0, 0.1) is 0 Å². The van der Waals surface area contributed by atoms with Gasteiger partial charge in [-0.3, -0.25) is 9.59 Å². The largest absolute Gasteiger partial charge is 0.494 e. The minimum Gasteiger partial charge on any atom is -0.494 e. The zero-order chi connectivity index (χ0) is 22.6. The molecule has 0 bridgehead atoms. The fourth-order valence-electron chi connectivity index (χ4n) is 3.27.